The highest BCUT2D eigenvalue weighted by atomic mass is 19.4. The molecule has 1 aliphatic rings. The van der Waals surface area contributed by atoms with Gasteiger partial charge in [-0.05, 0) is 5.92 Å². The van der Waals surface area contributed by atoms with Crippen molar-refractivity contribution in [2.45, 2.75) is 52.0 Å². The first-order chi connectivity index (χ1) is 12.5. The molecule has 1 aliphatic heterocycles. The van der Waals surface area contributed by atoms with E-state index >= 15 is 0 Å². The van der Waals surface area contributed by atoms with Crippen LogP contribution in [0.5, 0.6) is 0 Å². The largest absolute Gasteiger partial charge is 0.522 e. The summed E-state index contributed by atoms with van der Waals surface area (Å²) in [5, 5.41) is 0. The highest BCUT2D eigenvalue weighted by molar-refractivity contribution is 5.65. The van der Waals surface area contributed by atoms with Gasteiger partial charge in [0.25, 0.3) is 5.56 Å². The predicted molar refractivity (Wildman–Crippen MR) is 85.7 cm³/mol. The molecule has 2 unspecified atom stereocenters. The van der Waals surface area contributed by atoms with Crippen LogP contribution in [0.2, 0.25) is 0 Å². The Morgan fingerprint density at radius 1 is 1.41 bits per heavy atom. The average molecular weight is 394 g/mol. The number of H-pyrrole nitrogens is 1. The van der Waals surface area contributed by atoms with Crippen LogP contribution in [0, 0.1) is 11.8 Å². The van der Waals surface area contributed by atoms with Crippen LogP contribution in [0.3, 0.4) is 0 Å². The fraction of sp³-hybridized carbons (Fsp3) is 0.688. The van der Waals surface area contributed by atoms with Gasteiger partial charge in [0.2, 0.25) is 0 Å². The van der Waals surface area contributed by atoms with Crippen LogP contribution in [0.4, 0.5) is 13.2 Å². The topological polar surface area (TPSA) is 99.6 Å². The van der Waals surface area contributed by atoms with Gasteiger partial charge in [-0.25, -0.2) is 4.79 Å². The Labute approximate surface area is 152 Å². The molecule has 0 saturated carbocycles. The van der Waals surface area contributed by atoms with Gasteiger partial charge in [0, 0.05) is 25.1 Å². The Hall–Kier alpha value is -2.14. The number of alkyl halides is 3. The Morgan fingerprint density at radius 3 is 2.59 bits per heavy atom. The Morgan fingerprint density at radius 2 is 2.07 bits per heavy atom. The molecule has 8 nitrogen and oxygen atoms in total. The molecular weight excluding hydrogens is 373 g/mol. The van der Waals surface area contributed by atoms with Crippen LogP contribution in [0.25, 0.3) is 0 Å². The summed E-state index contributed by atoms with van der Waals surface area (Å²) in [5.74, 6) is -1.71. The number of nitrogens with one attached hydrogen (secondary N) is 1. The first-order valence-electron chi connectivity index (χ1n) is 8.38. The molecule has 152 valence electrons. The lowest BCUT2D eigenvalue weighted by Gasteiger charge is -2.29. The maximum absolute atomic E-state index is 13.0. The van der Waals surface area contributed by atoms with Crippen LogP contribution in [0.1, 0.15) is 33.4 Å². The maximum atomic E-state index is 13.0. The number of hydrogen-bond acceptors (Lipinski definition) is 6. The SMILES string of the molecule is CCC(C)[C@@H]1C(OC(F)(F)F)[C@H](n2ccc(=O)[nH]c2=O)O[C@@H]1COC(C)=O. The molecule has 0 bridgehead atoms. The van der Waals surface area contributed by atoms with Gasteiger partial charge in [-0.1, -0.05) is 20.3 Å². The number of rotatable bonds is 6. The minimum atomic E-state index is -4.97. The van der Waals surface area contributed by atoms with E-state index in [9.17, 15) is 27.6 Å². The summed E-state index contributed by atoms with van der Waals surface area (Å²) in [6, 6.07) is 0.993. The number of aromatic amines is 1. The number of hydrogen-bond donors (Lipinski definition) is 1. The van der Waals surface area contributed by atoms with Crippen molar-refractivity contribution in [3.05, 3.63) is 33.1 Å². The third-order valence-corrected chi connectivity index (χ3v) is 4.55. The normalized spacial score (nSPS) is 26.7. The molecule has 27 heavy (non-hydrogen) atoms. The molecular formula is C16H21F3N2O6. The lowest BCUT2D eigenvalue weighted by molar-refractivity contribution is -0.355. The number of halogens is 3. The average Bonchev–Trinajstić information content (AvgIpc) is 2.88. The molecule has 2 rings (SSSR count). The second kappa shape index (κ2) is 8.26. The molecule has 0 amide bonds. The molecule has 1 fully saturated rings. The molecule has 1 saturated heterocycles. The summed E-state index contributed by atoms with van der Waals surface area (Å²) in [7, 11) is 0. The lowest BCUT2D eigenvalue weighted by Crippen LogP contribution is -2.41. The van der Waals surface area contributed by atoms with E-state index in [-0.39, 0.29) is 12.5 Å². The number of carbonyl (C=O) groups is 1. The van der Waals surface area contributed by atoms with E-state index in [1.165, 1.54) is 6.92 Å². The minimum absolute atomic E-state index is 0.281. The van der Waals surface area contributed by atoms with E-state index in [1.54, 1.807) is 13.8 Å². The second-order valence-corrected chi connectivity index (χ2v) is 6.38. The monoisotopic (exact) mass is 394 g/mol. The van der Waals surface area contributed by atoms with E-state index in [0.717, 1.165) is 16.8 Å². The summed E-state index contributed by atoms with van der Waals surface area (Å²) in [6.07, 6.45) is -7.35. The van der Waals surface area contributed by atoms with Gasteiger partial charge in [0.1, 0.15) is 18.8 Å². The summed E-state index contributed by atoms with van der Waals surface area (Å²) >= 11 is 0. The summed E-state index contributed by atoms with van der Waals surface area (Å²) in [5.41, 5.74) is -1.63. The first-order valence-corrected chi connectivity index (χ1v) is 8.38. The highest BCUT2D eigenvalue weighted by Gasteiger charge is 2.53. The van der Waals surface area contributed by atoms with Crippen LogP contribution < -0.4 is 11.2 Å². The zero-order chi connectivity index (χ0) is 20.4. The fourth-order valence-corrected chi connectivity index (χ4v) is 3.20. The third-order valence-electron chi connectivity index (χ3n) is 4.55. The molecule has 1 aromatic rings. The van der Waals surface area contributed by atoms with Gasteiger partial charge in [0.05, 0.1) is 0 Å². The first kappa shape index (κ1) is 21.2. The molecule has 0 spiro atoms. The Kier molecular flexibility index (Phi) is 6.47. The fourth-order valence-electron chi connectivity index (χ4n) is 3.20. The Bertz CT molecular complexity index is 774. The van der Waals surface area contributed by atoms with E-state index in [2.05, 4.69) is 4.74 Å². The number of aromatic nitrogens is 2. The van der Waals surface area contributed by atoms with E-state index < -0.39 is 47.9 Å². The molecule has 2 heterocycles. The molecule has 5 atom stereocenters. The van der Waals surface area contributed by atoms with Crippen molar-refractivity contribution in [1.82, 2.24) is 9.55 Å². The van der Waals surface area contributed by atoms with Crippen LogP contribution in [0.15, 0.2) is 21.9 Å². The van der Waals surface area contributed by atoms with Gasteiger partial charge in [0.15, 0.2) is 6.23 Å². The molecule has 11 heteroatoms. The maximum Gasteiger partial charge on any atom is 0.522 e. The highest BCUT2D eigenvalue weighted by Crippen LogP contribution is 2.43. The smallest absolute Gasteiger partial charge is 0.463 e. The van der Waals surface area contributed by atoms with Gasteiger partial charge >= 0.3 is 18.0 Å². The van der Waals surface area contributed by atoms with Crippen LogP contribution in [-0.4, -0.2) is 40.7 Å². The molecule has 0 aliphatic carbocycles. The summed E-state index contributed by atoms with van der Waals surface area (Å²) in [6.45, 7) is 4.40. The number of nitrogens with zero attached hydrogens (tertiary/aromatic N) is 1. The standard InChI is InChI=1S/C16H21F3N2O6/c1-4-8(2)12-10(7-25-9(3)22)26-14(13(12)27-16(17,18)19)21-6-5-11(23)20-15(21)24/h5-6,8,10,12-14H,4,7H2,1-3H3,(H,20,23,24)/t8?,10-,12+,13?,14-/m1/s1. The van der Waals surface area contributed by atoms with E-state index in [4.69, 9.17) is 9.47 Å². The third kappa shape index (κ3) is 5.19. The predicted octanol–water partition coefficient (Wildman–Crippen LogP) is 1.56. The van der Waals surface area contributed by atoms with Crippen molar-refractivity contribution in [3.63, 3.8) is 0 Å². The van der Waals surface area contributed by atoms with Gasteiger partial charge < -0.3 is 9.47 Å². The minimum Gasteiger partial charge on any atom is -0.463 e. The van der Waals surface area contributed by atoms with Crippen LogP contribution in [-0.2, 0) is 19.0 Å². The van der Waals surface area contributed by atoms with Crippen molar-refractivity contribution < 1.29 is 32.2 Å². The van der Waals surface area contributed by atoms with Crippen LogP contribution >= 0.6 is 0 Å². The van der Waals surface area contributed by atoms with Gasteiger partial charge in [-0.2, -0.15) is 0 Å². The van der Waals surface area contributed by atoms with Gasteiger partial charge in [-0.3, -0.25) is 23.9 Å². The van der Waals surface area contributed by atoms with Crippen molar-refractivity contribution in [3.8, 4) is 0 Å². The molecule has 1 N–H and O–H groups in total. The van der Waals surface area contributed by atoms with Crippen molar-refractivity contribution >= 4 is 5.97 Å². The van der Waals surface area contributed by atoms with Crippen molar-refractivity contribution in [2.24, 2.45) is 11.8 Å². The molecule has 0 radical (unpaired) electrons. The molecule has 0 aromatic carbocycles. The number of esters is 1. The Balaban J connectivity index is 2.46. The quantitative estimate of drug-likeness (QED) is 0.736. The summed E-state index contributed by atoms with van der Waals surface area (Å²) in [4.78, 5) is 36.4. The zero-order valence-corrected chi connectivity index (χ0v) is 15.0. The second-order valence-electron chi connectivity index (χ2n) is 6.38. The van der Waals surface area contributed by atoms with Gasteiger partial charge in [-0.15, -0.1) is 13.2 Å². The molecule has 1 aromatic heterocycles. The number of carbonyl (C=O) groups excluding carboxylic acids is 1. The van der Waals surface area contributed by atoms with Crippen molar-refractivity contribution in [2.75, 3.05) is 6.61 Å². The number of ether oxygens (including phenoxy) is 3. The van der Waals surface area contributed by atoms with E-state index in [1.807, 2.05) is 4.98 Å². The van der Waals surface area contributed by atoms with E-state index in [0.29, 0.717) is 6.42 Å². The van der Waals surface area contributed by atoms with Crippen molar-refractivity contribution in [1.29, 1.82) is 0 Å². The zero-order valence-electron chi connectivity index (χ0n) is 15.0. The lowest BCUT2D eigenvalue weighted by atomic mass is 9.84. The summed E-state index contributed by atoms with van der Waals surface area (Å²) < 4.78 is 54.8.